The van der Waals surface area contributed by atoms with E-state index in [1.165, 1.54) is 7.11 Å². The molecule has 4 nitrogen and oxygen atoms in total. The molecule has 0 unspecified atom stereocenters. The van der Waals surface area contributed by atoms with Crippen molar-refractivity contribution in [3.63, 3.8) is 0 Å². The molecule has 0 saturated heterocycles. The minimum absolute atomic E-state index is 0.0481. The minimum atomic E-state index is -0.449. The smallest absolute Gasteiger partial charge is 0.255 e. The summed E-state index contributed by atoms with van der Waals surface area (Å²) in [4.78, 5) is 13.9. The van der Waals surface area contributed by atoms with Crippen molar-refractivity contribution in [1.29, 1.82) is 0 Å². The van der Waals surface area contributed by atoms with Crippen LogP contribution in [-0.2, 0) is 16.1 Å². The molecule has 0 fully saturated rings. The van der Waals surface area contributed by atoms with Crippen LogP contribution in [0, 0.1) is 0 Å². The van der Waals surface area contributed by atoms with Crippen LogP contribution in [0.5, 0.6) is 5.75 Å². The van der Waals surface area contributed by atoms with Gasteiger partial charge in [0.05, 0.1) is 13.7 Å². The van der Waals surface area contributed by atoms with E-state index in [-0.39, 0.29) is 5.91 Å². The largest absolute Gasteiger partial charge is 0.497 e. The Labute approximate surface area is 121 Å². The zero-order valence-electron chi connectivity index (χ0n) is 12.6. The molecule has 0 aromatic heterocycles. The van der Waals surface area contributed by atoms with Gasteiger partial charge in [0.15, 0.2) is 0 Å². The first kappa shape index (κ1) is 16.2. The number of methoxy groups -OCH3 is 2. The Morgan fingerprint density at radius 3 is 2.45 bits per heavy atom. The Kier molecular flexibility index (Phi) is 6.81. The van der Waals surface area contributed by atoms with Gasteiger partial charge in [-0.05, 0) is 31.0 Å². The number of hydrogen-bond acceptors (Lipinski definition) is 3. The second-order valence-corrected chi connectivity index (χ2v) is 4.49. The summed E-state index contributed by atoms with van der Waals surface area (Å²) >= 11 is 0. The first-order valence-electron chi connectivity index (χ1n) is 6.75. The maximum absolute atomic E-state index is 12.2. The molecule has 0 saturated carbocycles. The Morgan fingerprint density at radius 2 is 1.95 bits per heavy atom. The van der Waals surface area contributed by atoms with Crippen LogP contribution in [0.1, 0.15) is 25.8 Å². The molecule has 0 aliphatic rings. The van der Waals surface area contributed by atoms with Gasteiger partial charge in [-0.15, -0.1) is 0 Å². The van der Waals surface area contributed by atoms with Crippen LogP contribution in [0.2, 0.25) is 0 Å². The number of allylic oxidation sites excluding steroid dienone is 1. The second kappa shape index (κ2) is 8.38. The van der Waals surface area contributed by atoms with Gasteiger partial charge in [0.25, 0.3) is 5.91 Å². The van der Waals surface area contributed by atoms with Gasteiger partial charge in [-0.3, -0.25) is 4.79 Å². The number of carbonyl (C=O) groups excluding carboxylic acids is 1. The normalized spacial score (nSPS) is 12.4. The summed E-state index contributed by atoms with van der Waals surface area (Å²) in [5, 5.41) is 0. The number of benzene rings is 1. The van der Waals surface area contributed by atoms with Gasteiger partial charge in [-0.1, -0.05) is 25.1 Å². The lowest BCUT2D eigenvalue weighted by Crippen LogP contribution is -2.34. The highest BCUT2D eigenvalue weighted by molar-refractivity contribution is 5.81. The van der Waals surface area contributed by atoms with E-state index in [2.05, 4.69) is 0 Å². The van der Waals surface area contributed by atoms with Crippen molar-refractivity contribution >= 4 is 5.91 Å². The molecule has 1 aromatic rings. The molecule has 110 valence electrons. The molecule has 1 atom stereocenters. The maximum Gasteiger partial charge on any atom is 0.255 e. The van der Waals surface area contributed by atoms with Crippen LogP contribution in [0.3, 0.4) is 0 Å². The number of rotatable bonds is 7. The van der Waals surface area contributed by atoms with Crippen molar-refractivity contribution in [3.8, 4) is 5.75 Å². The van der Waals surface area contributed by atoms with Crippen LogP contribution in [0.15, 0.2) is 36.5 Å². The molecule has 1 amide bonds. The predicted molar refractivity (Wildman–Crippen MR) is 79.4 cm³/mol. The Morgan fingerprint density at radius 1 is 1.30 bits per heavy atom. The van der Waals surface area contributed by atoms with Gasteiger partial charge in [0.1, 0.15) is 11.9 Å². The van der Waals surface area contributed by atoms with Crippen molar-refractivity contribution in [2.75, 3.05) is 14.2 Å². The molecule has 0 aliphatic carbocycles. The van der Waals surface area contributed by atoms with Gasteiger partial charge in [-0.25, -0.2) is 0 Å². The highest BCUT2D eigenvalue weighted by Gasteiger charge is 2.18. The first-order valence-corrected chi connectivity index (χ1v) is 6.75. The maximum atomic E-state index is 12.2. The summed E-state index contributed by atoms with van der Waals surface area (Å²) < 4.78 is 10.2. The fourth-order valence-electron chi connectivity index (χ4n) is 1.70. The van der Waals surface area contributed by atoms with E-state index in [9.17, 15) is 4.79 Å². The molecule has 1 rings (SSSR count). The molecule has 4 heteroatoms. The summed E-state index contributed by atoms with van der Waals surface area (Å²) in [5.41, 5.74) is 1.04. The summed E-state index contributed by atoms with van der Waals surface area (Å²) in [6.45, 7) is 4.31. The fraction of sp³-hybridized carbons (Fsp3) is 0.438. The van der Waals surface area contributed by atoms with E-state index in [1.54, 1.807) is 18.9 Å². The Hall–Kier alpha value is -1.81. The Bertz CT molecular complexity index is 440. The molecule has 0 N–H and O–H groups in total. The molecule has 0 heterocycles. The number of nitrogens with zero attached hydrogens (tertiary/aromatic N) is 1. The SMILES string of the molecule is CC/C=C/N(Cc1ccc(OC)cc1)C(=O)[C@@H](C)OC. The lowest BCUT2D eigenvalue weighted by Gasteiger charge is -2.22. The molecular formula is C16H23NO3. The van der Waals surface area contributed by atoms with Gasteiger partial charge in [0, 0.05) is 13.3 Å². The Balaban J connectivity index is 2.82. The lowest BCUT2D eigenvalue weighted by molar-refractivity contribution is -0.138. The van der Waals surface area contributed by atoms with E-state index >= 15 is 0 Å². The van der Waals surface area contributed by atoms with Crippen LogP contribution in [0.4, 0.5) is 0 Å². The number of ether oxygens (including phenoxy) is 2. The van der Waals surface area contributed by atoms with Crippen molar-refractivity contribution in [1.82, 2.24) is 4.90 Å². The van der Waals surface area contributed by atoms with Crippen molar-refractivity contribution < 1.29 is 14.3 Å². The minimum Gasteiger partial charge on any atom is -0.497 e. The predicted octanol–water partition coefficient (Wildman–Crippen LogP) is 2.98. The van der Waals surface area contributed by atoms with Crippen LogP contribution >= 0.6 is 0 Å². The third-order valence-corrected chi connectivity index (χ3v) is 3.02. The molecular weight excluding hydrogens is 254 g/mol. The van der Waals surface area contributed by atoms with E-state index in [0.717, 1.165) is 17.7 Å². The average molecular weight is 277 g/mol. The summed E-state index contributed by atoms with van der Waals surface area (Å²) in [7, 11) is 3.17. The third-order valence-electron chi connectivity index (χ3n) is 3.02. The third kappa shape index (κ3) is 4.70. The number of hydrogen-bond donors (Lipinski definition) is 0. The van der Waals surface area contributed by atoms with Gasteiger partial charge in [0.2, 0.25) is 0 Å². The average Bonchev–Trinajstić information content (AvgIpc) is 2.50. The molecule has 0 radical (unpaired) electrons. The van der Waals surface area contributed by atoms with E-state index in [0.29, 0.717) is 6.54 Å². The van der Waals surface area contributed by atoms with Crippen LogP contribution in [0.25, 0.3) is 0 Å². The summed E-state index contributed by atoms with van der Waals surface area (Å²) in [6.07, 6.45) is 4.22. The van der Waals surface area contributed by atoms with Gasteiger partial charge in [-0.2, -0.15) is 0 Å². The van der Waals surface area contributed by atoms with E-state index in [4.69, 9.17) is 9.47 Å². The molecule has 1 aromatic carbocycles. The highest BCUT2D eigenvalue weighted by Crippen LogP contribution is 2.14. The lowest BCUT2D eigenvalue weighted by atomic mass is 10.2. The number of amides is 1. The molecule has 0 bridgehead atoms. The first-order chi connectivity index (χ1) is 9.62. The standard InChI is InChI=1S/C16H23NO3/c1-5-6-11-17(16(18)13(2)19-3)12-14-7-9-15(20-4)10-8-14/h6-11,13H,5,12H2,1-4H3/b11-6+/t13-/m1/s1. The monoisotopic (exact) mass is 277 g/mol. The highest BCUT2D eigenvalue weighted by atomic mass is 16.5. The number of carbonyl (C=O) groups is 1. The zero-order valence-corrected chi connectivity index (χ0v) is 12.6. The van der Waals surface area contributed by atoms with Gasteiger partial charge < -0.3 is 14.4 Å². The second-order valence-electron chi connectivity index (χ2n) is 4.49. The van der Waals surface area contributed by atoms with Crippen molar-refractivity contribution in [2.45, 2.75) is 32.9 Å². The molecule has 0 spiro atoms. The van der Waals surface area contributed by atoms with Crippen molar-refractivity contribution in [2.24, 2.45) is 0 Å². The van der Waals surface area contributed by atoms with Crippen molar-refractivity contribution in [3.05, 3.63) is 42.1 Å². The van der Waals surface area contributed by atoms with Gasteiger partial charge >= 0.3 is 0 Å². The topological polar surface area (TPSA) is 38.8 Å². The van der Waals surface area contributed by atoms with Crippen LogP contribution in [-0.4, -0.2) is 31.1 Å². The zero-order chi connectivity index (χ0) is 15.0. The summed E-state index contributed by atoms with van der Waals surface area (Å²) in [6, 6.07) is 7.69. The quantitative estimate of drug-likeness (QED) is 0.769. The van der Waals surface area contributed by atoms with E-state index in [1.807, 2.05) is 43.5 Å². The fourth-order valence-corrected chi connectivity index (χ4v) is 1.70. The summed E-state index contributed by atoms with van der Waals surface area (Å²) in [5.74, 6) is 0.758. The van der Waals surface area contributed by atoms with E-state index < -0.39 is 6.10 Å². The molecule has 20 heavy (non-hydrogen) atoms. The van der Waals surface area contributed by atoms with Crippen LogP contribution < -0.4 is 4.74 Å². The molecule has 0 aliphatic heterocycles.